The van der Waals surface area contributed by atoms with Crippen molar-refractivity contribution >= 4 is 22.1 Å². The Hall–Kier alpha value is -1.71. The van der Waals surface area contributed by atoms with Crippen molar-refractivity contribution in [1.29, 1.82) is 0 Å². The van der Waals surface area contributed by atoms with Crippen molar-refractivity contribution in [3.8, 4) is 10.6 Å². The number of thiazole rings is 1. The third-order valence-electron chi connectivity index (χ3n) is 4.03. The summed E-state index contributed by atoms with van der Waals surface area (Å²) in [7, 11) is 2.01. The number of nitrogens with one attached hydrogen (secondary N) is 1. The van der Waals surface area contributed by atoms with Gasteiger partial charge >= 0.3 is 0 Å². The topological polar surface area (TPSA) is 24.9 Å². The average molecular weight is 294 g/mol. The van der Waals surface area contributed by atoms with E-state index in [2.05, 4.69) is 47.8 Å². The molecular weight excluding hydrogens is 276 g/mol. The fraction of sp³-hybridized carbons (Fsp3) is 0.278. The first-order valence-corrected chi connectivity index (χ1v) is 8.30. The lowest BCUT2D eigenvalue weighted by molar-refractivity contribution is 0.813. The lowest BCUT2D eigenvalue weighted by atomic mass is 10.1. The van der Waals surface area contributed by atoms with Gasteiger partial charge in [-0.15, -0.1) is 11.3 Å². The summed E-state index contributed by atoms with van der Waals surface area (Å²) in [4.78, 5) is 6.35. The fourth-order valence-corrected chi connectivity index (χ4v) is 3.93. The summed E-state index contributed by atoms with van der Waals surface area (Å²) in [5.41, 5.74) is 2.57. The maximum absolute atomic E-state index is 4.95. The number of nitrogens with zero attached hydrogens (tertiary/aromatic N) is 1. The van der Waals surface area contributed by atoms with Crippen LogP contribution in [0.25, 0.3) is 21.3 Å². The Balaban J connectivity index is 1.78. The van der Waals surface area contributed by atoms with Crippen LogP contribution in [0.3, 0.4) is 0 Å². The van der Waals surface area contributed by atoms with Gasteiger partial charge in [0.05, 0.1) is 5.69 Å². The van der Waals surface area contributed by atoms with Crippen LogP contribution < -0.4 is 5.32 Å². The standard InChI is InChI=1S/C18H18N2S/c1-19-11-16-17(13-7-8-13)20-18(21-16)15-9-6-12-4-2-3-5-14(12)10-15/h2-6,9-10,13,19H,7-8,11H2,1H3. The van der Waals surface area contributed by atoms with Crippen LogP contribution in [-0.4, -0.2) is 12.0 Å². The molecule has 21 heavy (non-hydrogen) atoms. The largest absolute Gasteiger partial charge is 0.315 e. The number of hydrogen-bond donors (Lipinski definition) is 1. The molecule has 2 aromatic carbocycles. The van der Waals surface area contributed by atoms with Crippen LogP contribution in [0.4, 0.5) is 0 Å². The molecule has 1 aromatic heterocycles. The maximum atomic E-state index is 4.95. The molecule has 3 heteroatoms. The Morgan fingerprint density at radius 1 is 1.14 bits per heavy atom. The molecule has 0 amide bonds. The monoisotopic (exact) mass is 294 g/mol. The number of aromatic nitrogens is 1. The lowest BCUT2D eigenvalue weighted by Crippen LogP contribution is -2.05. The predicted octanol–water partition coefficient (Wildman–Crippen LogP) is 4.56. The van der Waals surface area contributed by atoms with E-state index in [1.165, 1.54) is 39.7 Å². The Kier molecular flexibility index (Phi) is 3.24. The number of hydrogen-bond acceptors (Lipinski definition) is 3. The lowest BCUT2D eigenvalue weighted by Gasteiger charge is -2.00. The van der Waals surface area contributed by atoms with E-state index in [1.54, 1.807) is 0 Å². The zero-order valence-corrected chi connectivity index (χ0v) is 12.9. The van der Waals surface area contributed by atoms with Gasteiger partial charge in [-0.3, -0.25) is 0 Å². The summed E-state index contributed by atoms with van der Waals surface area (Å²) in [6.45, 7) is 0.928. The van der Waals surface area contributed by atoms with E-state index in [0.717, 1.165) is 11.6 Å². The van der Waals surface area contributed by atoms with E-state index in [0.29, 0.717) is 5.92 Å². The minimum atomic E-state index is 0.707. The highest BCUT2D eigenvalue weighted by molar-refractivity contribution is 7.15. The molecule has 0 saturated heterocycles. The number of rotatable bonds is 4. The van der Waals surface area contributed by atoms with Crippen molar-refractivity contribution in [2.45, 2.75) is 25.3 Å². The normalized spacial score (nSPS) is 14.7. The molecule has 1 aliphatic carbocycles. The van der Waals surface area contributed by atoms with Crippen LogP contribution in [0.15, 0.2) is 42.5 Å². The molecular formula is C18H18N2S. The van der Waals surface area contributed by atoms with Gasteiger partial charge in [-0.1, -0.05) is 36.4 Å². The molecule has 1 saturated carbocycles. The first-order valence-electron chi connectivity index (χ1n) is 7.48. The van der Waals surface area contributed by atoms with Gasteiger partial charge in [0.1, 0.15) is 5.01 Å². The van der Waals surface area contributed by atoms with Crippen LogP contribution in [0.1, 0.15) is 29.3 Å². The van der Waals surface area contributed by atoms with Crippen LogP contribution in [0.5, 0.6) is 0 Å². The zero-order valence-electron chi connectivity index (χ0n) is 12.1. The van der Waals surface area contributed by atoms with Gasteiger partial charge in [-0.2, -0.15) is 0 Å². The van der Waals surface area contributed by atoms with E-state index in [1.807, 2.05) is 18.4 Å². The first kappa shape index (κ1) is 13.0. The fourth-order valence-electron chi connectivity index (χ4n) is 2.77. The number of fused-ring (bicyclic) bond motifs is 1. The summed E-state index contributed by atoms with van der Waals surface area (Å²) in [5, 5.41) is 7.01. The number of benzene rings is 2. The Bertz CT molecular complexity index is 787. The van der Waals surface area contributed by atoms with Crippen molar-refractivity contribution in [3.63, 3.8) is 0 Å². The first-order chi connectivity index (χ1) is 10.3. The van der Waals surface area contributed by atoms with Crippen LogP contribution in [0, 0.1) is 0 Å². The van der Waals surface area contributed by atoms with Crippen molar-refractivity contribution in [2.24, 2.45) is 0 Å². The van der Waals surface area contributed by atoms with Gasteiger partial charge in [0, 0.05) is 22.9 Å². The molecule has 3 aromatic rings. The molecule has 1 fully saturated rings. The summed E-state index contributed by atoms with van der Waals surface area (Å²) in [5.74, 6) is 0.707. The van der Waals surface area contributed by atoms with Crippen LogP contribution in [0.2, 0.25) is 0 Å². The molecule has 1 aliphatic rings. The second kappa shape index (κ2) is 5.24. The summed E-state index contributed by atoms with van der Waals surface area (Å²) >= 11 is 1.84. The van der Waals surface area contributed by atoms with Gasteiger partial charge < -0.3 is 5.32 Å². The molecule has 106 valence electrons. The highest BCUT2D eigenvalue weighted by Gasteiger charge is 2.29. The third kappa shape index (κ3) is 2.47. The second-order valence-electron chi connectivity index (χ2n) is 5.69. The smallest absolute Gasteiger partial charge is 0.123 e. The van der Waals surface area contributed by atoms with Crippen LogP contribution >= 0.6 is 11.3 Å². The minimum absolute atomic E-state index is 0.707. The van der Waals surface area contributed by atoms with E-state index < -0.39 is 0 Å². The highest BCUT2D eigenvalue weighted by Crippen LogP contribution is 2.44. The Morgan fingerprint density at radius 2 is 1.95 bits per heavy atom. The molecule has 0 radical (unpaired) electrons. The van der Waals surface area contributed by atoms with Gasteiger partial charge in [-0.05, 0) is 36.7 Å². The second-order valence-corrected chi connectivity index (χ2v) is 6.78. The van der Waals surface area contributed by atoms with Gasteiger partial charge in [0.25, 0.3) is 0 Å². The van der Waals surface area contributed by atoms with Gasteiger partial charge in [-0.25, -0.2) is 4.98 Å². The Labute approximate surface area is 128 Å². The van der Waals surface area contributed by atoms with E-state index in [-0.39, 0.29) is 0 Å². The summed E-state index contributed by atoms with van der Waals surface area (Å²) in [6.07, 6.45) is 2.61. The van der Waals surface area contributed by atoms with E-state index in [4.69, 9.17) is 4.98 Å². The molecule has 0 unspecified atom stereocenters. The molecule has 0 atom stereocenters. The third-order valence-corrected chi connectivity index (χ3v) is 5.15. The molecule has 4 rings (SSSR count). The molecule has 1 N–H and O–H groups in total. The van der Waals surface area contributed by atoms with Crippen molar-refractivity contribution in [2.75, 3.05) is 7.05 Å². The van der Waals surface area contributed by atoms with E-state index in [9.17, 15) is 0 Å². The van der Waals surface area contributed by atoms with Gasteiger partial charge in [0.15, 0.2) is 0 Å². The molecule has 0 spiro atoms. The summed E-state index contributed by atoms with van der Waals surface area (Å²) < 4.78 is 0. The van der Waals surface area contributed by atoms with Crippen LogP contribution in [-0.2, 0) is 6.54 Å². The maximum Gasteiger partial charge on any atom is 0.123 e. The van der Waals surface area contributed by atoms with Gasteiger partial charge in [0.2, 0.25) is 0 Å². The van der Waals surface area contributed by atoms with Crippen molar-refractivity contribution < 1.29 is 0 Å². The Morgan fingerprint density at radius 3 is 2.71 bits per heavy atom. The molecule has 1 heterocycles. The van der Waals surface area contributed by atoms with E-state index >= 15 is 0 Å². The average Bonchev–Trinajstić information content (AvgIpc) is 3.28. The molecule has 0 aliphatic heterocycles. The quantitative estimate of drug-likeness (QED) is 0.763. The predicted molar refractivity (Wildman–Crippen MR) is 89.8 cm³/mol. The summed E-state index contributed by atoms with van der Waals surface area (Å²) in [6, 6.07) is 15.2. The highest BCUT2D eigenvalue weighted by atomic mass is 32.1. The SMILES string of the molecule is CNCc1sc(-c2ccc3ccccc3c2)nc1C1CC1. The van der Waals surface area contributed by atoms with Crippen molar-refractivity contribution in [3.05, 3.63) is 53.0 Å². The zero-order chi connectivity index (χ0) is 14.2. The molecule has 2 nitrogen and oxygen atoms in total. The minimum Gasteiger partial charge on any atom is -0.315 e. The molecule has 0 bridgehead atoms. The van der Waals surface area contributed by atoms with Crippen molar-refractivity contribution in [1.82, 2.24) is 10.3 Å².